The third-order valence-electron chi connectivity index (χ3n) is 4.52. The van der Waals surface area contributed by atoms with E-state index < -0.39 is 0 Å². The fourth-order valence-electron chi connectivity index (χ4n) is 3.20. The van der Waals surface area contributed by atoms with Gasteiger partial charge in [0.15, 0.2) is 5.13 Å². The Kier molecular flexibility index (Phi) is 3.93. The summed E-state index contributed by atoms with van der Waals surface area (Å²) in [5, 5.41) is 3.45. The molecule has 1 aliphatic rings. The van der Waals surface area contributed by atoms with Crippen molar-refractivity contribution in [2.45, 2.75) is 19.5 Å². The molecule has 0 saturated heterocycles. The Hall–Kier alpha value is -2.45. The molecule has 3 aromatic rings. The topological polar surface area (TPSA) is 72.2 Å². The van der Waals surface area contributed by atoms with Crippen LogP contribution >= 0.6 is 11.3 Å². The van der Waals surface area contributed by atoms with Crippen LogP contribution in [-0.4, -0.2) is 38.5 Å². The van der Waals surface area contributed by atoms with Gasteiger partial charge in [-0.15, -0.1) is 11.3 Å². The molecule has 3 heterocycles. The van der Waals surface area contributed by atoms with Crippen molar-refractivity contribution in [3.8, 4) is 0 Å². The average Bonchev–Trinajstić information content (AvgIpc) is 3.09. The van der Waals surface area contributed by atoms with Crippen molar-refractivity contribution < 1.29 is 4.79 Å². The van der Waals surface area contributed by atoms with Gasteiger partial charge in [0, 0.05) is 31.4 Å². The molecule has 0 fully saturated rings. The van der Waals surface area contributed by atoms with E-state index in [0.717, 1.165) is 36.2 Å². The number of anilines is 1. The first-order chi connectivity index (χ1) is 12.0. The maximum atomic E-state index is 12.4. The fraction of sp³-hybridized carbons (Fsp3) is 0.353. The van der Waals surface area contributed by atoms with Crippen LogP contribution in [0.15, 0.2) is 29.1 Å². The highest BCUT2D eigenvalue weighted by Gasteiger charge is 2.20. The summed E-state index contributed by atoms with van der Waals surface area (Å²) in [5.74, 6) is -0.238. The van der Waals surface area contributed by atoms with Crippen molar-refractivity contribution in [3.63, 3.8) is 0 Å². The number of hydrogen-bond acceptors (Lipinski definition) is 5. The molecule has 8 heteroatoms. The Morgan fingerprint density at radius 2 is 2.04 bits per heavy atom. The number of fused-ring (bicyclic) bond motifs is 2. The summed E-state index contributed by atoms with van der Waals surface area (Å²) in [4.78, 5) is 32.8. The molecule has 0 unspecified atom stereocenters. The van der Waals surface area contributed by atoms with Gasteiger partial charge >= 0.3 is 5.69 Å². The molecule has 0 saturated carbocycles. The zero-order valence-electron chi connectivity index (χ0n) is 14.2. The third-order valence-corrected chi connectivity index (χ3v) is 5.52. The van der Waals surface area contributed by atoms with Crippen molar-refractivity contribution in [3.05, 3.63) is 45.3 Å². The number of amides is 1. The summed E-state index contributed by atoms with van der Waals surface area (Å²) in [5.41, 5.74) is 2.44. The summed E-state index contributed by atoms with van der Waals surface area (Å²) < 4.78 is 3.05. The molecule has 1 amide bonds. The van der Waals surface area contributed by atoms with Gasteiger partial charge in [0.1, 0.15) is 6.54 Å². The number of aromatic nitrogens is 3. The monoisotopic (exact) mass is 357 g/mol. The fourth-order valence-corrected chi connectivity index (χ4v) is 4.30. The zero-order chi connectivity index (χ0) is 17.6. The minimum absolute atomic E-state index is 0.0235. The van der Waals surface area contributed by atoms with Crippen LogP contribution in [0.4, 0.5) is 5.13 Å². The number of nitrogens with zero attached hydrogens (tertiary/aromatic N) is 4. The molecule has 25 heavy (non-hydrogen) atoms. The number of aryl methyl sites for hydroxylation is 1. The number of carbonyl (C=O) groups excluding carboxylic acids is 1. The van der Waals surface area contributed by atoms with Crippen molar-refractivity contribution in [2.75, 3.05) is 18.9 Å². The molecule has 2 aromatic heterocycles. The van der Waals surface area contributed by atoms with E-state index in [1.807, 2.05) is 24.3 Å². The highest BCUT2D eigenvalue weighted by atomic mass is 32.1. The number of carbonyl (C=O) groups is 1. The molecule has 1 aliphatic heterocycles. The molecule has 4 rings (SSSR count). The number of thiazole rings is 1. The molecule has 7 nitrogen and oxygen atoms in total. The van der Waals surface area contributed by atoms with E-state index >= 15 is 0 Å². The molecular weight excluding hydrogens is 338 g/mol. The summed E-state index contributed by atoms with van der Waals surface area (Å²) in [6, 6.07) is 7.46. The predicted molar refractivity (Wildman–Crippen MR) is 98.0 cm³/mol. The first-order valence-electron chi connectivity index (χ1n) is 8.14. The van der Waals surface area contributed by atoms with Gasteiger partial charge in [0.2, 0.25) is 5.91 Å². The first kappa shape index (κ1) is 16.0. The van der Waals surface area contributed by atoms with Gasteiger partial charge in [-0.05, 0) is 19.2 Å². The number of nitrogens with one attached hydrogen (secondary N) is 1. The maximum absolute atomic E-state index is 12.4. The van der Waals surface area contributed by atoms with E-state index in [0.29, 0.717) is 5.13 Å². The van der Waals surface area contributed by atoms with Gasteiger partial charge in [-0.25, -0.2) is 9.78 Å². The quantitative estimate of drug-likeness (QED) is 0.770. The van der Waals surface area contributed by atoms with Gasteiger partial charge in [0.05, 0.1) is 16.7 Å². The Labute approximate surface area is 148 Å². The molecule has 130 valence electrons. The van der Waals surface area contributed by atoms with Crippen molar-refractivity contribution >= 4 is 33.4 Å². The van der Waals surface area contributed by atoms with Crippen LogP contribution in [-0.2, 0) is 31.4 Å². The molecule has 0 bridgehead atoms. The largest absolute Gasteiger partial charge is 0.329 e. The smallest absolute Gasteiger partial charge is 0.301 e. The molecule has 0 radical (unpaired) electrons. The van der Waals surface area contributed by atoms with Gasteiger partial charge in [-0.1, -0.05) is 12.1 Å². The standard InChI is InChI=1S/C17H19N5O2S/c1-20-8-7-11-14(9-20)25-16(18-11)19-15(23)10-22-13-6-4-3-5-12(13)21(2)17(22)24/h3-6H,7-10H2,1-2H3,(H,18,19,23). The van der Waals surface area contributed by atoms with E-state index in [-0.39, 0.29) is 18.1 Å². The minimum Gasteiger partial charge on any atom is -0.301 e. The second-order valence-corrected chi connectivity index (χ2v) is 7.42. The number of likely N-dealkylation sites (N-methyl/N-ethyl adjacent to an activating group) is 1. The highest BCUT2D eigenvalue weighted by molar-refractivity contribution is 7.15. The zero-order valence-corrected chi connectivity index (χ0v) is 15.0. The van der Waals surface area contributed by atoms with Gasteiger partial charge in [-0.3, -0.25) is 13.9 Å². The molecule has 1 N–H and O–H groups in total. The average molecular weight is 357 g/mol. The van der Waals surface area contributed by atoms with Crippen LogP contribution in [0.2, 0.25) is 0 Å². The van der Waals surface area contributed by atoms with Crippen LogP contribution in [0, 0.1) is 0 Å². The number of hydrogen-bond donors (Lipinski definition) is 1. The number of imidazole rings is 1. The van der Waals surface area contributed by atoms with E-state index in [9.17, 15) is 9.59 Å². The van der Waals surface area contributed by atoms with E-state index in [2.05, 4.69) is 22.2 Å². The molecule has 1 aromatic carbocycles. The number of rotatable bonds is 3. The van der Waals surface area contributed by atoms with Crippen LogP contribution in [0.5, 0.6) is 0 Å². The van der Waals surface area contributed by atoms with Crippen LogP contribution in [0.1, 0.15) is 10.6 Å². The third kappa shape index (κ3) is 2.87. The highest BCUT2D eigenvalue weighted by Crippen LogP contribution is 2.27. The Balaban J connectivity index is 1.56. The SMILES string of the molecule is CN1CCc2nc(NC(=O)Cn3c(=O)n(C)c4ccccc43)sc2C1. The number of benzene rings is 1. The van der Waals surface area contributed by atoms with Crippen molar-refractivity contribution in [1.29, 1.82) is 0 Å². The van der Waals surface area contributed by atoms with Gasteiger partial charge < -0.3 is 10.2 Å². The van der Waals surface area contributed by atoms with Crippen molar-refractivity contribution in [1.82, 2.24) is 19.0 Å². The summed E-state index contributed by atoms with van der Waals surface area (Å²) in [6.07, 6.45) is 0.904. The summed E-state index contributed by atoms with van der Waals surface area (Å²) >= 11 is 1.51. The van der Waals surface area contributed by atoms with Crippen LogP contribution in [0.3, 0.4) is 0 Å². The molecular formula is C17H19N5O2S. The maximum Gasteiger partial charge on any atom is 0.329 e. The van der Waals surface area contributed by atoms with E-state index in [1.54, 1.807) is 11.6 Å². The summed E-state index contributed by atoms with van der Waals surface area (Å²) in [7, 11) is 3.79. The lowest BCUT2D eigenvalue weighted by Crippen LogP contribution is -2.28. The lowest BCUT2D eigenvalue weighted by molar-refractivity contribution is -0.116. The molecule has 0 spiro atoms. The van der Waals surface area contributed by atoms with Gasteiger partial charge in [-0.2, -0.15) is 0 Å². The minimum atomic E-state index is -0.238. The van der Waals surface area contributed by atoms with Crippen molar-refractivity contribution in [2.24, 2.45) is 7.05 Å². The normalized spacial score (nSPS) is 14.6. The van der Waals surface area contributed by atoms with Crippen LogP contribution < -0.4 is 11.0 Å². The first-order valence-corrected chi connectivity index (χ1v) is 8.96. The second kappa shape index (κ2) is 6.12. The second-order valence-electron chi connectivity index (χ2n) is 6.34. The molecule has 0 atom stereocenters. The Morgan fingerprint density at radius 3 is 2.84 bits per heavy atom. The lowest BCUT2D eigenvalue weighted by Gasteiger charge is -2.20. The summed E-state index contributed by atoms with van der Waals surface area (Å²) in [6.45, 7) is 1.82. The Bertz CT molecular complexity index is 1020. The van der Waals surface area contributed by atoms with Crippen LogP contribution in [0.25, 0.3) is 11.0 Å². The lowest BCUT2D eigenvalue weighted by atomic mass is 10.2. The predicted octanol–water partition coefficient (Wildman–Crippen LogP) is 1.42. The van der Waals surface area contributed by atoms with Gasteiger partial charge in [0.25, 0.3) is 0 Å². The Morgan fingerprint density at radius 1 is 1.28 bits per heavy atom. The van der Waals surface area contributed by atoms with E-state index in [4.69, 9.17) is 0 Å². The number of para-hydroxylation sites is 2. The molecule has 0 aliphatic carbocycles. The van der Waals surface area contributed by atoms with E-state index in [1.165, 1.54) is 20.8 Å².